The molecule has 96 valence electrons. The van der Waals surface area contributed by atoms with Crippen molar-refractivity contribution < 1.29 is 9.59 Å². The Bertz CT molecular complexity index is 425. The first-order valence-electron chi connectivity index (χ1n) is 6.31. The molecule has 1 aliphatic rings. The predicted octanol–water partition coefficient (Wildman–Crippen LogP) is 1.28. The van der Waals surface area contributed by atoms with Crippen LogP contribution < -0.4 is 5.32 Å². The first kappa shape index (κ1) is 12.6. The van der Waals surface area contributed by atoms with Crippen LogP contribution in [0.2, 0.25) is 0 Å². The topological polar surface area (TPSA) is 49.4 Å². The fourth-order valence-corrected chi connectivity index (χ4v) is 2.05. The number of benzene rings is 1. The van der Waals surface area contributed by atoms with Gasteiger partial charge in [-0.1, -0.05) is 25.1 Å². The van der Waals surface area contributed by atoms with E-state index in [0.29, 0.717) is 24.4 Å². The Hall–Kier alpha value is -1.84. The molecule has 0 saturated carbocycles. The van der Waals surface area contributed by atoms with Crippen molar-refractivity contribution in [2.45, 2.75) is 13.3 Å². The Morgan fingerprint density at radius 2 is 1.94 bits per heavy atom. The summed E-state index contributed by atoms with van der Waals surface area (Å²) in [5.74, 6) is 0.546. The zero-order valence-electron chi connectivity index (χ0n) is 10.6. The van der Waals surface area contributed by atoms with Crippen LogP contribution in [0.1, 0.15) is 23.7 Å². The summed E-state index contributed by atoms with van der Waals surface area (Å²) in [6.07, 6.45) is 0.559. The van der Waals surface area contributed by atoms with Crippen molar-refractivity contribution in [1.82, 2.24) is 10.2 Å². The maximum Gasteiger partial charge on any atom is 0.251 e. The normalized spacial score (nSPS) is 15.1. The lowest BCUT2D eigenvalue weighted by Crippen LogP contribution is -2.53. The van der Waals surface area contributed by atoms with Gasteiger partial charge in [-0.05, 0) is 12.1 Å². The number of carbonyl (C=O) groups is 2. The smallest absolute Gasteiger partial charge is 0.251 e. The Morgan fingerprint density at radius 1 is 1.28 bits per heavy atom. The molecule has 1 aliphatic heterocycles. The van der Waals surface area contributed by atoms with Crippen molar-refractivity contribution >= 4 is 11.8 Å². The van der Waals surface area contributed by atoms with E-state index < -0.39 is 0 Å². The number of hydrogen-bond acceptors (Lipinski definition) is 2. The number of hydrogen-bond donors (Lipinski definition) is 1. The Balaban J connectivity index is 1.71. The Morgan fingerprint density at radius 3 is 2.56 bits per heavy atom. The van der Waals surface area contributed by atoms with E-state index in [-0.39, 0.29) is 11.8 Å². The molecule has 0 unspecified atom stereocenters. The van der Waals surface area contributed by atoms with Crippen molar-refractivity contribution in [3.8, 4) is 0 Å². The summed E-state index contributed by atoms with van der Waals surface area (Å²) in [5, 5.41) is 2.90. The molecule has 0 bridgehead atoms. The Kier molecular flexibility index (Phi) is 3.97. The van der Waals surface area contributed by atoms with Crippen molar-refractivity contribution in [3.05, 3.63) is 35.9 Å². The van der Waals surface area contributed by atoms with Gasteiger partial charge in [-0.3, -0.25) is 9.59 Å². The van der Waals surface area contributed by atoms with Gasteiger partial charge in [0.05, 0.1) is 0 Å². The minimum absolute atomic E-state index is 0.0455. The molecule has 0 spiro atoms. The molecule has 2 rings (SSSR count). The van der Waals surface area contributed by atoms with Crippen LogP contribution in [-0.4, -0.2) is 36.3 Å². The summed E-state index contributed by atoms with van der Waals surface area (Å²) in [6.45, 7) is 4.04. The van der Waals surface area contributed by atoms with Crippen molar-refractivity contribution in [2.24, 2.45) is 5.92 Å². The maximum absolute atomic E-state index is 11.8. The van der Waals surface area contributed by atoms with Crippen molar-refractivity contribution in [3.63, 3.8) is 0 Å². The lowest BCUT2D eigenvalue weighted by molar-refractivity contribution is -0.136. The molecule has 4 heteroatoms. The minimum atomic E-state index is -0.0455. The number of carbonyl (C=O) groups excluding carboxylic acids is 2. The second-order valence-electron chi connectivity index (χ2n) is 4.59. The highest BCUT2D eigenvalue weighted by Crippen LogP contribution is 2.15. The van der Waals surface area contributed by atoms with Gasteiger partial charge in [-0.2, -0.15) is 0 Å². The van der Waals surface area contributed by atoms with E-state index in [2.05, 4.69) is 5.32 Å². The van der Waals surface area contributed by atoms with Gasteiger partial charge in [0.25, 0.3) is 5.91 Å². The monoisotopic (exact) mass is 246 g/mol. The fourth-order valence-electron chi connectivity index (χ4n) is 2.05. The number of nitrogens with zero attached hydrogens (tertiary/aromatic N) is 1. The Labute approximate surface area is 107 Å². The molecule has 1 heterocycles. The third kappa shape index (κ3) is 2.88. The molecule has 1 aromatic rings. The average Bonchev–Trinajstić information content (AvgIpc) is 2.37. The van der Waals surface area contributed by atoms with Crippen LogP contribution in [0.3, 0.4) is 0 Å². The SMILES string of the molecule is CCC(=O)N1CC(CNC(=O)c2ccccc2)C1. The summed E-state index contributed by atoms with van der Waals surface area (Å²) >= 11 is 0. The van der Waals surface area contributed by atoms with E-state index in [1.54, 1.807) is 12.1 Å². The summed E-state index contributed by atoms with van der Waals surface area (Å²) in [7, 11) is 0. The minimum Gasteiger partial charge on any atom is -0.352 e. The van der Waals surface area contributed by atoms with Gasteiger partial charge in [0.2, 0.25) is 5.91 Å². The van der Waals surface area contributed by atoms with Gasteiger partial charge < -0.3 is 10.2 Å². The summed E-state index contributed by atoms with van der Waals surface area (Å²) < 4.78 is 0. The number of rotatable bonds is 4. The second kappa shape index (κ2) is 5.67. The summed E-state index contributed by atoms with van der Waals surface area (Å²) in [6, 6.07) is 9.17. The predicted molar refractivity (Wildman–Crippen MR) is 69.1 cm³/mol. The van der Waals surface area contributed by atoms with Crippen molar-refractivity contribution in [1.29, 1.82) is 0 Å². The van der Waals surface area contributed by atoms with Gasteiger partial charge in [0.15, 0.2) is 0 Å². The van der Waals surface area contributed by atoms with Gasteiger partial charge in [-0.15, -0.1) is 0 Å². The van der Waals surface area contributed by atoms with Crippen LogP contribution in [-0.2, 0) is 4.79 Å². The van der Waals surface area contributed by atoms with Crippen molar-refractivity contribution in [2.75, 3.05) is 19.6 Å². The number of nitrogens with one attached hydrogen (secondary N) is 1. The van der Waals surface area contributed by atoms with Crippen LogP contribution in [0.25, 0.3) is 0 Å². The van der Waals surface area contributed by atoms with E-state index in [4.69, 9.17) is 0 Å². The maximum atomic E-state index is 11.8. The van der Waals surface area contributed by atoms with Crippen LogP contribution in [0.15, 0.2) is 30.3 Å². The molecule has 0 aromatic heterocycles. The lowest BCUT2D eigenvalue weighted by atomic mass is 9.99. The van der Waals surface area contributed by atoms with E-state index in [0.717, 1.165) is 13.1 Å². The van der Waals surface area contributed by atoms with Crippen LogP contribution in [0.5, 0.6) is 0 Å². The molecule has 0 radical (unpaired) electrons. The van der Waals surface area contributed by atoms with Crippen LogP contribution in [0, 0.1) is 5.92 Å². The standard InChI is InChI=1S/C14H18N2O2/c1-2-13(17)16-9-11(10-16)8-15-14(18)12-6-4-3-5-7-12/h3-7,11H,2,8-10H2,1H3,(H,15,18). The first-order chi connectivity index (χ1) is 8.70. The number of likely N-dealkylation sites (tertiary alicyclic amines) is 1. The summed E-state index contributed by atoms with van der Waals surface area (Å²) in [4.78, 5) is 24.9. The molecular weight excluding hydrogens is 228 g/mol. The third-order valence-corrected chi connectivity index (χ3v) is 3.20. The van der Waals surface area contributed by atoms with E-state index in [9.17, 15) is 9.59 Å². The molecule has 0 atom stereocenters. The van der Waals surface area contributed by atoms with Gasteiger partial charge in [-0.25, -0.2) is 0 Å². The third-order valence-electron chi connectivity index (χ3n) is 3.20. The molecule has 1 aromatic carbocycles. The highest BCUT2D eigenvalue weighted by Gasteiger charge is 2.29. The van der Waals surface area contributed by atoms with E-state index >= 15 is 0 Å². The summed E-state index contributed by atoms with van der Waals surface area (Å²) in [5.41, 5.74) is 0.679. The molecule has 0 aliphatic carbocycles. The molecule has 1 saturated heterocycles. The molecule has 18 heavy (non-hydrogen) atoms. The molecule has 2 amide bonds. The first-order valence-corrected chi connectivity index (χ1v) is 6.31. The molecule has 1 fully saturated rings. The van der Waals surface area contributed by atoms with E-state index in [1.807, 2.05) is 30.0 Å². The zero-order valence-corrected chi connectivity index (χ0v) is 10.6. The lowest BCUT2D eigenvalue weighted by Gasteiger charge is -2.39. The average molecular weight is 246 g/mol. The fraction of sp³-hybridized carbons (Fsp3) is 0.429. The van der Waals surface area contributed by atoms with Gasteiger partial charge >= 0.3 is 0 Å². The largest absolute Gasteiger partial charge is 0.352 e. The molecule has 1 N–H and O–H groups in total. The van der Waals surface area contributed by atoms with Gasteiger partial charge in [0.1, 0.15) is 0 Å². The number of amides is 2. The molecular formula is C14H18N2O2. The zero-order chi connectivity index (χ0) is 13.0. The highest BCUT2D eigenvalue weighted by molar-refractivity contribution is 5.94. The quantitative estimate of drug-likeness (QED) is 0.870. The van der Waals surface area contributed by atoms with E-state index in [1.165, 1.54) is 0 Å². The highest BCUT2D eigenvalue weighted by atomic mass is 16.2. The van der Waals surface area contributed by atoms with Gasteiger partial charge in [0, 0.05) is 37.5 Å². The second-order valence-corrected chi connectivity index (χ2v) is 4.59. The van der Waals surface area contributed by atoms with Crippen LogP contribution >= 0.6 is 0 Å². The molecule has 4 nitrogen and oxygen atoms in total. The van der Waals surface area contributed by atoms with Crippen LogP contribution in [0.4, 0.5) is 0 Å².